The van der Waals surface area contributed by atoms with E-state index in [4.69, 9.17) is 9.47 Å². The molecule has 1 aliphatic rings. The maximum Gasteiger partial charge on any atom is 0.251 e. The summed E-state index contributed by atoms with van der Waals surface area (Å²) in [5.74, 6) is 1.12. The molecule has 1 unspecified atom stereocenters. The van der Waals surface area contributed by atoms with Crippen molar-refractivity contribution in [2.45, 2.75) is 25.3 Å². The van der Waals surface area contributed by atoms with Crippen LogP contribution in [0.4, 0.5) is 0 Å². The predicted molar refractivity (Wildman–Crippen MR) is 77.5 cm³/mol. The van der Waals surface area contributed by atoms with Crippen LogP contribution in [0.5, 0.6) is 11.5 Å². The molecule has 0 spiro atoms. The lowest BCUT2D eigenvalue weighted by Crippen LogP contribution is -2.40. The number of ether oxygens (including phenoxy) is 2. The molecule has 0 bridgehead atoms. The van der Waals surface area contributed by atoms with Crippen molar-refractivity contribution in [1.29, 1.82) is 0 Å². The number of amides is 1. The SMILES string of the molecule is COc1ccc(C(=O)NC2CCCCNC2)cc1OC. The average Bonchev–Trinajstić information content (AvgIpc) is 2.75. The van der Waals surface area contributed by atoms with E-state index in [2.05, 4.69) is 10.6 Å². The fourth-order valence-electron chi connectivity index (χ4n) is 2.39. The van der Waals surface area contributed by atoms with Gasteiger partial charge in [0.05, 0.1) is 14.2 Å². The number of methoxy groups -OCH3 is 2. The van der Waals surface area contributed by atoms with Crippen molar-refractivity contribution >= 4 is 5.91 Å². The Labute approximate surface area is 119 Å². The van der Waals surface area contributed by atoms with E-state index in [1.54, 1.807) is 32.4 Å². The Morgan fingerprint density at radius 3 is 2.80 bits per heavy atom. The van der Waals surface area contributed by atoms with Crippen LogP contribution in [-0.4, -0.2) is 39.3 Å². The van der Waals surface area contributed by atoms with Crippen LogP contribution in [0.15, 0.2) is 18.2 Å². The molecule has 110 valence electrons. The van der Waals surface area contributed by atoms with Gasteiger partial charge in [-0.1, -0.05) is 6.42 Å². The van der Waals surface area contributed by atoms with Crippen LogP contribution in [0.3, 0.4) is 0 Å². The Balaban J connectivity index is 2.04. The van der Waals surface area contributed by atoms with E-state index in [1.807, 2.05) is 0 Å². The van der Waals surface area contributed by atoms with Crippen LogP contribution in [-0.2, 0) is 0 Å². The molecule has 1 aromatic rings. The second kappa shape index (κ2) is 7.14. The number of rotatable bonds is 4. The van der Waals surface area contributed by atoms with E-state index in [1.165, 1.54) is 6.42 Å². The number of nitrogens with one attached hydrogen (secondary N) is 2. The summed E-state index contributed by atoms with van der Waals surface area (Å²) in [4.78, 5) is 12.3. The lowest BCUT2D eigenvalue weighted by atomic mass is 10.1. The third kappa shape index (κ3) is 3.63. The first-order chi connectivity index (χ1) is 9.74. The molecule has 1 atom stereocenters. The number of carbonyl (C=O) groups is 1. The Morgan fingerprint density at radius 1 is 1.25 bits per heavy atom. The average molecular weight is 278 g/mol. The van der Waals surface area contributed by atoms with E-state index < -0.39 is 0 Å². The molecule has 1 aromatic carbocycles. The monoisotopic (exact) mass is 278 g/mol. The van der Waals surface area contributed by atoms with Crippen molar-refractivity contribution in [3.63, 3.8) is 0 Å². The molecule has 0 saturated carbocycles. The molecule has 1 heterocycles. The van der Waals surface area contributed by atoms with Gasteiger partial charge in [-0.3, -0.25) is 4.79 Å². The van der Waals surface area contributed by atoms with Crippen molar-refractivity contribution in [3.8, 4) is 11.5 Å². The normalized spacial score (nSPS) is 19.0. The molecule has 1 fully saturated rings. The number of hydrogen-bond acceptors (Lipinski definition) is 4. The van der Waals surface area contributed by atoms with Crippen LogP contribution in [0, 0.1) is 0 Å². The summed E-state index contributed by atoms with van der Waals surface area (Å²) in [7, 11) is 3.14. The first-order valence-electron chi connectivity index (χ1n) is 6.98. The van der Waals surface area contributed by atoms with E-state index >= 15 is 0 Å². The van der Waals surface area contributed by atoms with Gasteiger partial charge < -0.3 is 20.1 Å². The van der Waals surface area contributed by atoms with Gasteiger partial charge in [0.15, 0.2) is 11.5 Å². The standard InChI is InChI=1S/C15H22N2O3/c1-19-13-7-6-11(9-14(13)20-2)15(18)17-12-5-3-4-8-16-10-12/h6-7,9,12,16H,3-5,8,10H2,1-2H3,(H,17,18). The van der Waals surface area contributed by atoms with E-state index in [0.717, 1.165) is 25.9 Å². The Kier molecular flexibility index (Phi) is 5.24. The van der Waals surface area contributed by atoms with Crippen molar-refractivity contribution in [1.82, 2.24) is 10.6 Å². The summed E-state index contributed by atoms with van der Waals surface area (Å²) in [5.41, 5.74) is 0.590. The predicted octanol–water partition coefficient (Wildman–Crippen LogP) is 1.58. The smallest absolute Gasteiger partial charge is 0.251 e. The zero-order valence-electron chi connectivity index (χ0n) is 12.1. The van der Waals surface area contributed by atoms with Gasteiger partial charge in [0.1, 0.15) is 0 Å². The molecule has 2 N–H and O–H groups in total. The molecule has 0 aliphatic carbocycles. The summed E-state index contributed by atoms with van der Waals surface area (Å²) in [5, 5.41) is 6.40. The van der Waals surface area contributed by atoms with Crippen molar-refractivity contribution < 1.29 is 14.3 Å². The molecule has 0 radical (unpaired) electrons. The van der Waals surface area contributed by atoms with Crippen molar-refractivity contribution in [3.05, 3.63) is 23.8 Å². The molecule has 0 aromatic heterocycles. The highest BCUT2D eigenvalue weighted by molar-refractivity contribution is 5.95. The van der Waals surface area contributed by atoms with Crippen LogP contribution >= 0.6 is 0 Å². The van der Waals surface area contributed by atoms with Gasteiger partial charge in [-0.2, -0.15) is 0 Å². The first kappa shape index (κ1) is 14.7. The summed E-state index contributed by atoms with van der Waals surface area (Å²) in [6.45, 7) is 1.86. The highest BCUT2D eigenvalue weighted by atomic mass is 16.5. The summed E-state index contributed by atoms with van der Waals surface area (Å²) in [6, 6.07) is 5.40. The number of benzene rings is 1. The minimum atomic E-state index is -0.0698. The summed E-state index contributed by atoms with van der Waals surface area (Å²) < 4.78 is 10.4. The molecule has 20 heavy (non-hydrogen) atoms. The Hall–Kier alpha value is -1.75. The molecule has 1 saturated heterocycles. The first-order valence-corrected chi connectivity index (χ1v) is 6.98. The maximum atomic E-state index is 12.3. The lowest BCUT2D eigenvalue weighted by molar-refractivity contribution is 0.0935. The number of hydrogen-bond donors (Lipinski definition) is 2. The van der Waals surface area contributed by atoms with Crippen molar-refractivity contribution in [2.75, 3.05) is 27.3 Å². The van der Waals surface area contributed by atoms with Gasteiger partial charge in [-0.05, 0) is 37.6 Å². The van der Waals surface area contributed by atoms with Crippen LogP contribution in [0.1, 0.15) is 29.6 Å². The van der Waals surface area contributed by atoms with Crippen LogP contribution in [0.2, 0.25) is 0 Å². The molecule has 1 aliphatic heterocycles. The van der Waals surface area contributed by atoms with Gasteiger partial charge in [0, 0.05) is 18.2 Å². The molecular formula is C15H22N2O3. The fraction of sp³-hybridized carbons (Fsp3) is 0.533. The third-order valence-electron chi connectivity index (χ3n) is 3.53. The summed E-state index contributed by atoms with van der Waals surface area (Å²) in [6.07, 6.45) is 3.33. The molecule has 5 nitrogen and oxygen atoms in total. The fourth-order valence-corrected chi connectivity index (χ4v) is 2.39. The van der Waals surface area contributed by atoms with Crippen LogP contribution < -0.4 is 20.1 Å². The maximum absolute atomic E-state index is 12.3. The highest BCUT2D eigenvalue weighted by Gasteiger charge is 2.16. The second-order valence-corrected chi connectivity index (χ2v) is 4.94. The summed E-state index contributed by atoms with van der Waals surface area (Å²) >= 11 is 0. The molecular weight excluding hydrogens is 256 g/mol. The van der Waals surface area contributed by atoms with Gasteiger partial charge in [0.2, 0.25) is 0 Å². The van der Waals surface area contributed by atoms with E-state index in [0.29, 0.717) is 17.1 Å². The topological polar surface area (TPSA) is 59.6 Å². The minimum Gasteiger partial charge on any atom is -0.493 e. The molecule has 2 rings (SSSR count). The zero-order chi connectivity index (χ0) is 14.4. The zero-order valence-corrected chi connectivity index (χ0v) is 12.1. The van der Waals surface area contributed by atoms with Gasteiger partial charge in [-0.25, -0.2) is 0 Å². The Morgan fingerprint density at radius 2 is 2.05 bits per heavy atom. The van der Waals surface area contributed by atoms with Crippen molar-refractivity contribution in [2.24, 2.45) is 0 Å². The minimum absolute atomic E-state index is 0.0698. The Bertz CT molecular complexity index is 454. The van der Waals surface area contributed by atoms with Gasteiger partial charge in [0.25, 0.3) is 5.91 Å². The second-order valence-electron chi connectivity index (χ2n) is 4.94. The number of carbonyl (C=O) groups excluding carboxylic acids is 1. The quantitative estimate of drug-likeness (QED) is 0.878. The van der Waals surface area contributed by atoms with E-state index in [9.17, 15) is 4.79 Å². The van der Waals surface area contributed by atoms with Gasteiger partial charge >= 0.3 is 0 Å². The third-order valence-corrected chi connectivity index (χ3v) is 3.53. The largest absolute Gasteiger partial charge is 0.493 e. The van der Waals surface area contributed by atoms with E-state index in [-0.39, 0.29) is 11.9 Å². The molecule has 1 amide bonds. The highest BCUT2D eigenvalue weighted by Crippen LogP contribution is 2.27. The lowest BCUT2D eigenvalue weighted by Gasteiger charge is -2.17. The van der Waals surface area contributed by atoms with Gasteiger partial charge in [-0.15, -0.1) is 0 Å². The van der Waals surface area contributed by atoms with Crippen LogP contribution in [0.25, 0.3) is 0 Å². The molecule has 5 heteroatoms.